The number of aromatic amines is 1. The van der Waals surface area contributed by atoms with Crippen LogP contribution in [-0.2, 0) is 9.59 Å². The number of anilines is 1. The fourth-order valence-corrected chi connectivity index (χ4v) is 2.37. The van der Waals surface area contributed by atoms with Crippen LogP contribution >= 0.6 is 0 Å². The number of hydrogen-bond acceptors (Lipinski definition) is 4. The summed E-state index contributed by atoms with van der Waals surface area (Å²) in [6.45, 7) is 0. The molecule has 2 amide bonds. The van der Waals surface area contributed by atoms with Crippen molar-refractivity contribution in [3.8, 4) is 0 Å². The number of aromatic nitrogens is 2. The van der Waals surface area contributed by atoms with Gasteiger partial charge in [0.25, 0.3) is 0 Å². The zero-order valence-corrected chi connectivity index (χ0v) is 9.56. The third-order valence-electron chi connectivity index (χ3n) is 3.22. The van der Waals surface area contributed by atoms with Crippen LogP contribution in [0.5, 0.6) is 0 Å². The maximum Gasteiger partial charge on any atom is 0.234 e. The van der Waals surface area contributed by atoms with E-state index >= 15 is 0 Å². The van der Waals surface area contributed by atoms with Gasteiger partial charge in [-0.1, -0.05) is 0 Å². The summed E-state index contributed by atoms with van der Waals surface area (Å²) >= 11 is 0. The molecule has 18 heavy (non-hydrogen) atoms. The Kier molecular flexibility index (Phi) is 2.29. The van der Waals surface area contributed by atoms with Crippen LogP contribution < -0.4 is 11.1 Å². The van der Waals surface area contributed by atoms with Gasteiger partial charge in [0.2, 0.25) is 11.8 Å². The predicted molar refractivity (Wildman–Crippen MR) is 65.6 cm³/mol. The molecule has 2 heterocycles. The highest BCUT2D eigenvalue weighted by Crippen LogP contribution is 2.31. The number of benzene rings is 1. The molecular weight excluding hydrogens is 232 g/mol. The third kappa shape index (κ3) is 1.62. The molecule has 1 aromatic carbocycles. The topological polar surface area (TPSA) is 101 Å². The van der Waals surface area contributed by atoms with Gasteiger partial charge in [-0.2, -0.15) is 5.10 Å². The second kappa shape index (κ2) is 3.83. The van der Waals surface area contributed by atoms with Crippen molar-refractivity contribution in [2.24, 2.45) is 0 Å². The van der Waals surface area contributed by atoms with Crippen LogP contribution in [0, 0.1) is 0 Å². The van der Waals surface area contributed by atoms with Gasteiger partial charge in [0.05, 0.1) is 17.6 Å². The van der Waals surface area contributed by atoms with Gasteiger partial charge in [-0.25, -0.2) is 0 Å². The lowest BCUT2D eigenvalue weighted by atomic mass is 9.89. The maximum atomic E-state index is 11.9. The lowest BCUT2D eigenvalue weighted by Gasteiger charge is -2.21. The van der Waals surface area contributed by atoms with E-state index in [9.17, 15) is 9.59 Å². The summed E-state index contributed by atoms with van der Waals surface area (Å²) in [7, 11) is 0. The Hall–Kier alpha value is -2.37. The molecule has 3 rings (SSSR count). The first-order valence-corrected chi connectivity index (χ1v) is 5.71. The van der Waals surface area contributed by atoms with Crippen LogP contribution in [0.2, 0.25) is 0 Å². The largest absolute Gasteiger partial charge is 0.399 e. The van der Waals surface area contributed by atoms with Gasteiger partial charge >= 0.3 is 0 Å². The quantitative estimate of drug-likeness (QED) is 0.506. The Balaban J connectivity index is 2.11. The number of nitrogens with one attached hydrogen (secondary N) is 2. The van der Waals surface area contributed by atoms with Crippen molar-refractivity contribution in [3.05, 3.63) is 23.9 Å². The van der Waals surface area contributed by atoms with Crippen LogP contribution in [0.4, 0.5) is 5.69 Å². The molecule has 6 heteroatoms. The molecule has 0 saturated carbocycles. The molecule has 1 unspecified atom stereocenters. The van der Waals surface area contributed by atoms with E-state index in [1.807, 2.05) is 0 Å². The molecule has 4 N–H and O–H groups in total. The van der Waals surface area contributed by atoms with E-state index in [0.29, 0.717) is 18.5 Å². The molecule has 1 saturated heterocycles. The van der Waals surface area contributed by atoms with Crippen molar-refractivity contribution in [1.82, 2.24) is 15.5 Å². The number of imide groups is 1. The molecule has 1 atom stereocenters. The Morgan fingerprint density at radius 1 is 1.33 bits per heavy atom. The fraction of sp³-hybridized carbons (Fsp3) is 0.250. The summed E-state index contributed by atoms with van der Waals surface area (Å²) in [6.07, 6.45) is 2.52. The molecule has 2 aromatic rings. The number of nitrogen functional groups attached to an aromatic ring is 1. The zero-order valence-electron chi connectivity index (χ0n) is 9.56. The molecule has 1 aliphatic rings. The number of amides is 2. The van der Waals surface area contributed by atoms with Crippen LogP contribution in [0.15, 0.2) is 18.3 Å². The first-order chi connectivity index (χ1) is 8.65. The van der Waals surface area contributed by atoms with Gasteiger partial charge < -0.3 is 5.73 Å². The van der Waals surface area contributed by atoms with Gasteiger partial charge in [-0.3, -0.25) is 20.0 Å². The highest BCUT2D eigenvalue weighted by molar-refractivity contribution is 6.02. The number of piperidine rings is 1. The summed E-state index contributed by atoms with van der Waals surface area (Å²) in [6, 6.07) is 3.56. The van der Waals surface area contributed by atoms with Crippen molar-refractivity contribution < 1.29 is 9.59 Å². The lowest BCUT2D eigenvalue weighted by molar-refractivity contribution is -0.134. The zero-order chi connectivity index (χ0) is 12.7. The van der Waals surface area contributed by atoms with E-state index in [0.717, 1.165) is 16.5 Å². The Morgan fingerprint density at radius 2 is 2.17 bits per heavy atom. The van der Waals surface area contributed by atoms with E-state index in [1.165, 1.54) is 0 Å². The van der Waals surface area contributed by atoms with E-state index in [2.05, 4.69) is 15.5 Å². The highest BCUT2D eigenvalue weighted by Gasteiger charge is 2.29. The highest BCUT2D eigenvalue weighted by atomic mass is 16.2. The minimum atomic E-state index is -0.353. The van der Waals surface area contributed by atoms with Crippen LogP contribution in [-0.4, -0.2) is 22.0 Å². The molecule has 1 aliphatic heterocycles. The molecule has 1 fully saturated rings. The fourth-order valence-electron chi connectivity index (χ4n) is 2.37. The summed E-state index contributed by atoms with van der Waals surface area (Å²) < 4.78 is 0. The first-order valence-electron chi connectivity index (χ1n) is 5.71. The average molecular weight is 244 g/mol. The van der Waals surface area contributed by atoms with E-state index in [1.54, 1.807) is 18.3 Å². The van der Waals surface area contributed by atoms with Crippen molar-refractivity contribution in [1.29, 1.82) is 0 Å². The first kappa shape index (κ1) is 10.8. The molecular formula is C12H12N4O2. The Labute approximate surface area is 103 Å². The number of H-pyrrole nitrogens is 1. The summed E-state index contributed by atoms with van der Waals surface area (Å²) in [5, 5.41) is 10.1. The van der Waals surface area contributed by atoms with Crippen molar-refractivity contribution in [2.45, 2.75) is 18.8 Å². The SMILES string of the molecule is Nc1cc(C2CCC(=O)NC2=O)c2[nH]ncc2c1. The summed E-state index contributed by atoms with van der Waals surface area (Å²) in [5.74, 6) is -0.845. The normalized spacial score (nSPS) is 20.1. The average Bonchev–Trinajstić information content (AvgIpc) is 2.76. The minimum Gasteiger partial charge on any atom is -0.399 e. The van der Waals surface area contributed by atoms with E-state index < -0.39 is 0 Å². The molecule has 0 radical (unpaired) electrons. The lowest BCUT2D eigenvalue weighted by Crippen LogP contribution is -2.39. The number of nitrogens with two attached hydrogens (primary N) is 1. The summed E-state index contributed by atoms with van der Waals surface area (Å²) in [5.41, 5.74) is 8.01. The van der Waals surface area contributed by atoms with Crippen LogP contribution in [0.25, 0.3) is 10.9 Å². The van der Waals surface area contributed by atoms with Gasteiger partial charge in [-0.05, 0) is 24.1 Å². The van der Waals surface area contributed by atoms with Crippen molar-refractivity contribution >= 4 is 28.4 Å². The number of hydrogen-bond donors (Lipinski definition) is 3. The second-order valence-corrected chi connectivity index (χ2v) is 4.45. The monoisotopic (exact) mass is 244 g/mol. The van der Waals surface area contributed by atoms with Crippen molar-refractivity contribution in [3.63, 3.8) is 0 Å². The molecule has 92 valence electrons. The van der Waals surface area contributed by atoms with Crippen molar-refractivity contribution in [2.75, 3.05) is 5.73 Å². The Morgan fingerprint density at radius 3 is 2.94 bits per heavy atom. The number of fused-ring (bicyclic) bond motifs is 1. The van der Waals surface area contributed by atoms with Gasteiger partial charge in [0, 0.05) is 17.5 Å². The van der Waals surface area contributed by atoms with Crippen LogP contribution in [0.1, 0.15) is 24.3 Å². The second-order valence-electron chi connectivity index (χ2n) is 4.45. The molecule has 6 nitrogen and oxygen atoms in total. The van der Waals surface area contributed by atoms with Gasteiger partial charge in [-0.15, -0.1) is 0 Å². The predicted octanol–water partition coefficient (Wildman–Crippen LogP) is 0.665. The molecule has 0 bridgehead atoms. The van der Waals surface area contributed by atoms with Gasteiger partial charge in [0.15, 0.2) is 0 Å². The standard InChI is InChI=1S/C12H12N4O2/c13-7-3-6-5-14-16-11(6)9(4-7)8-1-2-10(17)15-12(8)18/h3-5,8H,1-2,13H2,(H,14,16)(H,15,17,18). The number of carbonyl (C=O) groups excluding carboxylic acids is 2. The summed E-state index contributed by atoms with van der Waals surface area (Å²) in [4.78, 5) is 23.0. The Bertz CT molecular complexity index is 647. The smallest absolute Gasteiger partial charge is 0.234 e. The number of nitrogens with zero attached hydrogens (tertiary/aromatic N) is 1. The van der Waals surface area contributed by atoms with Crippen LogP contribution in [0.3, 0.4) is 0 Å². The van der Waals surface area contributed by atoms with Gasteiger partial charge in [0.1, 0.15) is 0 Å². The molecule has 1 aromatic heterocycles. The van der Waals surface area contributed by atoms with E-state index in [-0.39, 0.29) is 17.7 Å². The minimum absolute atomic E-state index is 0.221. The third-order valence-corrected chi connectivity index (χ3v) is 3.22. The number of carbonyl (C=O) groups is 2. The molecule has 0 spiro atoms. The molecule has 0 aliphatic carbocycles. The maximum absolute atomic E-state index is 11.9. The number of rotatable bonds is 1. The van der Waals surface area contributed by atoms with E-state index in [4.69, 9.17) is 5.73 Å².